The van der Waals surface area contributed by atoms with Gasteiger partial charge in [0, 0.05) is 24.0 Å². The van der Waals surface area contributed by atoms with Crippen LogP contribution in [0.3, 0.4) is 0 Å². The Bertz CT molecular complexity index is 708. The molecule has 2 rings (SSSR count). The minimum absolute atomic E-state index is 0.0913. The van der Waals surface area contributed by atoms with E-state index in [0.717, 1.165) is 17.7 Å². The second-order valence-electron chi connectivity index (χ2n) is 5.73. The number of benzene rings is 1. The number of pyridine rings is 1. The molecule has 0 bridgehead atoms. The molecule has 3 N–H and O–H groups in total. The monoisotopic (exact) mass is 335 g/mol. The molecule has 2 amide bonds. The first-order chi connectivity index (χ1) is 11.3. The van der Waals surface area contributed by atoms with Crippen molar-refractivity contribution in [3.05, 3.63) is 65.5 Å². The van der Waals surface area contributed by atoms with Gasteiger partial charge in [-0.15, -0.1) is 0 Å². The van der Waals surface area contributed by atoms with Gasteiger partial charge in [-0.25, -0.2) is 13.6 Å². The average molecular weight is 335 g/mol. The Balaban J connectivity index is 1.95. The Morgan fingerprint density at radius 1 is 1.29 bits per heavy atom. The van der Waals surface area contributed by atoms with Crippen LogP contribution in [0.15, 0.2) is 42.7 Å². The van der Waals surface area contributed by atoms with Crippen molar-refractivity contribution in [3.63, 3.8) is 0 Å². The third-order valence-electron chi connectivity index (χ3n) is 3.66. The molecule has 0 spiro atoms. The summed E-state index contributed by atoms with van der Waals surface area (Å²) >= 11 is 0. The molecule has 0 aliphatic heterocycles. The molecule has 1 heterocycles. The Hall–Kier alpha value is -2.54. The van der Waals surface area contributed by atoms with Gasteiger partial charge in [-0.1, -0.05) is 6.07 Å². The van der Waals surface area contributed by atoms with Crippen LogP contribution in [0.25, 0.3) is 0 Å². The van der Waals surface area contributed by atoms with E-state index in [1.807, 2.05) is 0 Å². The maximum atomic E-state index is 13.8. The molecule has 7 heteroatoms. The maximum Gasteiger partial charge on any atom is 0.315 e. The van der Waals surface area contributed by atoms with Crippen LogP contribution < -0.4 is 10.6 Å². The summed E-state index contributed by atoms with van der Waals surface area (Å²) in [6, 6.07) is 5.67. The molecule has 2 unspecified atom stereocenters. The molecule has 24 heavy (non-hydrogen) atoms. The summed E-state index contributed by atoms with van der Waals surface area (Å²) in [5.74, 6) is -1.60. The summed E-state index contributed by atoms with van der Waals surface area (Å²) in [6.07, 6.45) is 3.24. The highest BCUT2D eigenvalue weighted by molar-refractivity contribution is 5.74. The number of carbonyl (C=O) groups excluding carboxylic acids is 1. The van der Waals surface area contributed by atoms with E-state index in [-0.39, 0.29) is 18.2 Å². The lowest BCUT2D eigenvalue weighted by atomic mass is 9.95. The molecule has 2 atom stereocenters. The van der Waals surface area contributed by atoms with Crippen molar-refractivity contribution < 1.29 is 18.7 Å². The molecule has 0 fully saturated rings. The lowest BCUT2D eigenvalue weighted by molar-refractivity contribution is 0.0554. The van der Waals surface area contributed by atoms with Crippen LogP contribution in [0, 0.1) is 11.6 Å². The Morgan fingerprint density at radius 3 is 2.58 bits per heavy atom. The van der Waals surface area contributed by atoms with E-state index in [1.54, 1.807) is 31.5 Å². The smallest absolute Gasteiger partial charge is 0.315 e. The van der Waals surface area contributed by atoms with Gasteiger partial charge < -0.3 is 15.7 Å². The van der Waals surface area contributed by atoms with Crippen LogP contribution in [0.2, 0.25) is 0 Å². The van der Waals surface area contributed by atoms with Gasteiger partial charge in [0.15, 0.2) is 0 Å². The van der Waals surface area contributed by atoms with Gasteiger partial charge in [0.2, 0.25) is 0 Å². The summed E-state index contributed by atoms with van der Waals surface area (Å²) in [6.45, 7) is 2.91. The summed E-state index contributed by atoms with van der Waals surface area (Å²) in [5.41, 5.74) is -0.891. The number of rotatable bonds is 5. The van der Waals surface area contributed by atoms with Gasteiger partial charge in [-0.3, -0.25) is 4.98 Å². The van der Waals surface area contributed by atoms with E-state index in [2.05, 4.69) is 15.6 Å². The highest BCUT2D eigenvalue weighted by atomic mass is 19.1. The molecule has 1 aromatic carbocycles. The molecule has 5 nitrogen and oxygen atoms in total. The molecule has 0 saturated heterocycles. The zero-order valence-electron chi connectivity index (χ0n) is 13.4. The first-order valence-electron chi connectivity index (χ1n) is 7.42. The second kappa shape index (κ2) is 7.35. The van der Waals surface area contributed by atoms with Crippen LogP contribution in [-0.4, -0.2) is 22.7 Å². The molecule has 0 aliphatic carbocycles. The van der Waals surface area contributed by atoms with Gasteiger partial charge >= 0.3 is 6.03 Å². The summed E-state index contributed by atoms with van der Waals surface area (Å²) in [7, 11) is 0. The summed E-state index contributed by atoms with van der Waals surface area (Å²) < 4.78 is 26.7. The highest BCUT2D eigenvalue weighted by Gasteiger charge is 2.27. The van der Waals surface area contributed by atoms with Gasteiger partial charge in [0.1, 0.15) is 17.2 Å². The molecular formula is C17H19F2N3O2. The van der Waals surface area contributed by atoms with E-state index in [0.29, 0.717) is 6.07 Å². The van der Waals surface area contributed by atoms with E-state index in [1.165, 1.54) is 6.92 Å². The van der Waals surface area contributed by atoms with Crippen LogP contribution in [0.4, 0.5) is 13.6 Å². The number of nitrogens with one attached hydrogen (secondary N) is 2. The summed E-state index contributed by atoms with van der Waals surface area (Å²) in [4.78, 5) is 15.8. The minimum atomic E-state index is -1.67. The number of carbonyl (C=O) groups is 1. The van der Waals surface area contributed by atoms with Crippen LogP contribution in [0.5, 0.6) is 0 Å². The maximum absolute atomic E-state index is 13.8. The van der Waals surface area contributed by atoms with Gasteiger partial charge in [0.05, 0.1) is 12.6 Å². The molecule has 128 valence electrons. The Kier molecular flexibility index (Phi) is 5.46. The van der Waals surface area contributed by atoms with Crippen molar-refractivity contribution in [1.29, 1.82) is 0 Å². The predicted octanol–water partition coefficient (Wildman–Crippen LogP) is 2.63. The van der Waals surface area contributed by atoms with E-state index >= 15 is 0 Å². The normalized spacial score (nSPS) is 14.5. The molecule has 2 aromatic rings. The number of amides is 2. The van der Waals surface area contributed by atoms with Crippen molar-refractivity contribution in [2.75, 3.05) is 6.54 Å². The van der Waals surface area contributed by atoms with E-state index in [9.17, 15) is 18.7 Å². The second-order valence-corrected chi connectivity index (χ2v) is 5.73. The number of halogens is 2. The van der Waals surface area contributed by atoms with E-state index < -0.39 is 23.3 Å². The fourth-order valence-corrected chi connectivity index (χ4v) is 2.26. The van der Waals surface area contributed by atoms with Crippen molar-refractivity contribution in [3.8, 4) is 0 Å². The molecule has 0 aliphatic rings. The molecule has 0 saturated carbocycles. The fraction of sp³-hybridized carbons (Fsp3) is 0.294. The number of hydrogen-bond acceptors (Lipinski definition) is 3. The lowest BCUT2D eigenvalue weighted by Crippen LogP contribution is -2.44. The molecule has 1 aromatic heterocycles. The first-order valence-corrected chi connectivity index (χ1v) is 7.42. The average Bonchev–Trinajstić information content (AvgIpc) is 2.53. The molecule has 0 radical (unpaired) electrons. The number of hydrogen-bond donors (Lipinski definition) is 3. The van der Waals surface area contributed by atoms with Gasteiger partial charge in [-0.05, 0) is 37.6 Å². The van der Waals surface area contributed by atoms with Crippen LogP contribution in [0.1, 0.15) is 31.0 Å². The predicted molar refractivity (Wildman–Crippen MR) is 85.1 cm³/mol. The fourth-order valence-electron chi connectivity index (χ4n) is 2.26. The minimum Gasteiger partial charge on any atom is -0.383 e. The van der Waals surface area contributed by atoms with Crippen molar-refractivity contribution in [2.45, 2.75) is 25.5 Å². The quantitative estimate of drug-likeness (QED) is 0.786. The first kappa shape index (κ1) is 17.8. The van der Waals surface area contributed by atoms with Crippen LogP contribution >= 0.6 is 0 Å². The number of aromatic nitrogens is 1. The van der Waals surface area contributed by atoms with Crippen molar-refractivity contribution in [2.24, 2.45) is 0 Å². The highest BCUT2D eigenvalue weighted by Crippen LogP contribution is 2.23. The van der Waals surface area contributed by atoms with Crippen molar-refractivity contribution in [1.82, 2.24) is 15.6 Å². The number of urea groups is 1. The Morgan fingerprint density at radius 2 is 1.96 bits per heavy atom. The Labute approximate surface area is 138 Å². The zero-order valence-corrected chi connectivity index (χ0v) is 13.4. The van der Waals surface area contributed by atoms with Gasteiger partial charge in [-0.2, -0.15) is 0 Å². The third-order valence-corrected chi connectivity index (χ3v) is 3.66. The van der Waals surface area contributed by atoms with E-state index in [4.69, 9.17) is 0 Å². The number of aliphatic hydroxyl groups is 1. The van der Waals surface area contributed by atoms with Crippen molar-refractivity contribution >= 4 is 6.03 Å². The SMILES string of the molecule is CC(NC(=O)NCC(C)(O)c1ccc(F)cc1F)c1ccncc1. The van der Waals surface area contributed by atoms with Gasteiger partial charge in [0.25, 0.3) is 0 Å². The summed E-state index contributed by atoms with van der Waals surface area (Å²) in [5, 5.41) is 15.5. The number of nitrogens with zero attached hydrogens (tertiary/aromatic N) is 1. The molecular weight excluding hydrogens is 316 g/mol. The third kappa shape index (κ3) is 4.48. The zero-order chi connectivity index (χ0) is 17.7. The standard InChI is InChI=1S/C17H19F2N3O2/c1-11(12-5-7-20-8-6-12)22-16(23)21-10-17(2,24)14-4-3-13(18)9-15(14)19/h3-9,11,24H,10H2,1-2H3,(H2,21,22,23). The van der Waals surface area contributed by atoms with Crippen LogP contribution in [-0.2, 0) is 5.60 Å². The largest absolute Gasteiger partial charge is 0.383 e. The lowest BCUT2D eigenvalue weighted by Gasteiger charge is -2.25. The topological polar surface area (TPSA) is 74.2 Å².